The summed E-state index contributed by atoms with van der Waals surface area (Å²) in [6.45, 7) is 0. The van der Waals surface area contributed by atoms with Crippen molar-refractivity contribution >= 4 is 5.91 Å². The Kier molecular flexibility index (Phi) is 3.61. The van der Waals surface area contributed by atoms with Gasteiger partial charge in [0.15, 0.2) is 0 Å². The molecule has 1 saturated carbocycles. The summed E-state index contributed by atoms with van der Waals surface area (Å²) in [5.74, 6) is 1.03. The maximum atomic E-state index is 11.6. The number of methoxy groups -OCH3 is 1. The first-order valence-electron chi connectivity index (χ1n) is 6.02. The number of ether oxygens (including phenoxy) is 1. The van der Waals surface area contributed by atoms with Gasteiger partial charge in [0.2, 0.25) is 0 Å². The van der Waals surface area contributed by atoms with E-state index >= 15 is 0 Å². The fraction of sp³-hybridized carbons (Fsp3) is 0.538. The van der Waals surface area contributed by atoms with Crippen LogP contribution in [-0.2, 0) is 0 Å². The summed E-state index contributed by atoms with van der Waals surface area (Å²) < 4.78 is 5.23. The first-order valence-corrected chi connectivity index (χ1v) is 6.02. The molecule has 4 nitrogen and oxygen atoms in total. The molecular formula is C13H18N2O2. The Hall–Kier alpha value is -1.58. The summed E-state index contributed by atoms with van der Waals surface area (Å²) in [7, 11) is 3.22. The molecule has 0 bridgehead atoms. The molecule has 1 aromatic rings. The standard InChI is InChI=1S/C13H18N2O2/c1-14-13(16)12-8-10(17-2)7-11(15-12)9-5-3-4-6-9/h7-9H,3-6H2,1-2H3,(H,14,16). The number of carbonyl (C=O) groups excluding carboxylic acids is 1. The Labute approximate surface area is 101 Å². The van der Waals surface area contributed by atoms with Crippen LogP contribution in [-0.4, -0.2) is 25.0 Å². The average molecular weight is 234 g/mol. The lowest BCUT2D eigenvalue weighted by molar-refractivity contribution is 0.0957. The number of rotatable bonds is 3. The van der Waals surface area contributed by atoms with E-state index in [4.69, 9.17) is 4.74 Å². The van der Waals surface area contributed by atoms with E-state index in [1.165, 1.54) is 12.8 Å². The normalized spacial score (nSPS) is 15.9. The smallest absolute Gasteiger partial charge is 0.269 e. The molecule has 0 unspecified atom stereocenters. The minimum atomic E-state index is -0.164. The Bertz CT molecular complexity index is 412. The Morgan fingerprint density at radius 1 is 1.41 bits per heavy atom. The van der Waals surface area contributed by atoms with Gasteiger partial charge in [-0.25, -0.2) is 4.98 Å². The highest BCUT2D eigenvalue weighted by Gasteiger charge is 2.20. The van der Waals surface area contributed by atoms with E-state index < -0.39 is 0 Å². The second-order valence-electron chi connectivity index (χ2n) is 4.38. The van der Waals surface area contributed by atoms with Crippen LogP contribution in [0.5, 0.6) is 5.75 Å². The molecule has 0 atom stereocenters. The molecule has 92 valence electrons. The number of hydrogen-bond acceptors (Lipinski definition) is 3. The van der Waals surface area contributed by atoms with E-state index in [-0.39, 0.29) is 5.91 Å². The lowest BCUT2D eigenvalue weighted by Gasteiger charge is -2.12. The van der Waals surface area contributed by atoms with Crippen molar-refractivity contribution in [3.63, 3.8) is 0 Å². The number of hydrogen-bond donors (Lipinski definition) is 1. The van der Waals surface area contributed by atoms with Crippen molar-refractivity contribution in [1.82, 2.24) is 10.3 Å². The second kappa shape index (κ2) is 5.17. The topological polar surface area (TPSA) is 51.2 Å². The molecule has 2 rings (SSSR count). The van der Waals surface area contributed by atoms with E-state index in [0.29, 0.717) is 17.4 Å². The lowest BCUT2D eigenvalue weighted by Crippen LogP contribution is -2.20. The van der Waals surface area contributed by atoms with Crippen LogP contribution >= 0.6 is 0 Å². The van der Waals surface area contributed by atoms with E-state index in [9.17, 15) is 4.79 Å². The summed E-state index contributed by atoms with van der Waals surface area (Å²) in [5.41, 5.74) is 1.43. The summed E-state index contributed by atoms with van der Waals surface area (Å²) in [6.07, 6.45) is 4.82. The molecule has 1 amide bonds. The second-order valence-corrected chi connectivity index (χ2v) is 4.38. The Balaban J connectivity index is 2.34. The predicted molar refractivity (Wildman–Crippen MR) is 65.4 cm³/mol. The first kappa shape index (κ1) is 11.9. The zero-order chi connectivity index (χ0) is 12.3. The molecule has 0 saturated heterocycles. The van der Waals surface area contributed by atoms with Crippen LogP contribution in [0.25, 0.3) is 0 Å². The summed E-state index contributed by atoms with van der Waals surface area (Å²) in [4.78, 5) is 16.1. The highest BCUT2D eigenvalue weighted by molar-refractivity contribution is 5.92. The van der Waals surface area contributed by atoms with Gasteiger partial charge in [0.1, 0.15) is 11.4 Å². The largest absolute Gasteiger partial charge is 0.497 e. The molecule has 1 fully saturated rings. The third-order valence-corrected chi connectivity index (χ3v) is 3.29. The molecule has 0 radical (unpaired) electrons. The molecule has 4 heteroatoms. The summed E-state index contributed by atoms with van der Waals surface area (Å²) in [6, 6.07) is 3.62. The molecule has 0 aromatic carbocycles. The molecular weight excluding hydrogens is 216 g/mol. The molecule has 1 heterocycles. The monoisotopic (exact) mass is 234 g/mol. The van der Waals surface area contributed by atoms with E-state index in [1.807, 2.05) is 6.07 Å². The Morgan fingerprint density at radius 3 is 2.71 bits per heavy atom. The van der Waals surface area contributed by atoms with Crippen LogP contribution in [0.15, 0.2) is 12.1 Å². The third kappa shape index (κ3) is 2.57. The SMILES string of the molecule is CNC(=O)c1cc(OC)cc(C2CCCC2)n1. The van der Waals surface area contributed by atoms with E-state index in [1.54, 1.807) is 20.2 Å². The van der Waals surface area contributed by atoms with Crippen LogP contribution in [0, 0.1) is 0 Å². The average Bonchev–Trinajstić information content (AvgIpc) is 2.91. The summed E-state index contributed by atoms with van der Waals surface area (Å²) >= 11 is 0. The van der Waals surface area contributed by atoms with Gasteiger partial charge in [-0.15, -0.1) is 0 Å². The number of nitrogens with zero attached hydrogens (tertiary/aromatic N) is 1. The summed E-state index contributed by atoms with van der Waals surface area (Å²) in [5, 5.41) is 2.59. The number of amides is 1. The predicted octanol–water partition coefficient (Wildman–Crippen LogP) is 2.11. The van der Waals surface area contributed by atoms with E-state index in [2.05, 4.69) is 10.3 Å². The van der Waals surface area contributed by atoms with Gasteiger partial charge in [-0.1, -0.05) is 12.8 Å². The first-order chi connectivity index (χ1) is 8.24. The van der Waals surface area contributed by atoms with Gasteiger partial charge in [0.25, 0.3) is 5.91 Å². The van der Waals surface area contributed by atoms with Gasteiger partial charge in [-0.2, -0.15) is 0 Å². The highest BCUT2D eigenvalue weighted by Crippen LogP contribution is 2.34. The van der Waals surface area contributed by atoms with Crippen molar-refractivity contribution in [3.05, 3.63) is 23.5 Å². The van der Waals surface area contributed by atoms with Gasteiger partial charge >= 0.3 is 0 Å². The van der Waals surface area contributed by atoms with Gasteiger partial charge < -0.3 is 10.1 Å². The zero-order valence-electron chi connectivity index (χ0n) is 10.3. The maximum Gasteiger partial charge on any atom is 0.269 e. The maximum absolute atomic E-state index is 11.6. The van der Waals surface area contributed by atoms with Gasteiger partial charge in [0.05, 0.1) is 7.11 Å². The number of carbonyl (C=O) groups is 1. The van der Waals surface area contributed by atoms with Gasteiger partial charge in [0, 0.05) is 30.8 Å². The van der Waals surface area contributed by atoms with Crippen LogP contribution in [0.2, 0.25) is 0 Å². The van der Waals surface area contributed by atoms with E-state index in [0.717, 1.165) is 18.5 Å². The van der Waals surface area contributed by atoms with Crippen molar-refractivity contribution in [3.8, 4) is 5.75 Å². The van der Waals surface area contributed by atoms with Crippen LogP contribution in [0.1, 0.15) is 47.8 Å². The van der Waals surface area contributed by atoms with Crippen LogP contribution in [0.4, 0.5) is 0 Å². The van der Waals surface area contributed by atoms with Crippen LogP contribution < -0.4 is 10.1 Å². The van der Waals surface area contributed by atoms with Gasteiger partial charge in [-0.05, 0) is 12.8 Å². The molecule has 0 spiro atoms. The lowest BCUT2D eigenvalue weighted by atomic mass is 10.0. The highest BCUT2D eigenvalue weighted by atomic mass is 16.5. The van der Waals surface area contributed by atoms with Crippen molar-refractivity contribution in [2.24, 2.45) is 0 Å². The van der Waals surface area contributed by atoms with Crippen molar-refractivity contribution in [2.45, 2.75) is 31.6 Å². The zero-order valence-corrected chi connectivity index (χ0v) is 10.3. The minimum absolute atomic E-state index is 0.164. The molecule has 1 N–H and O–H groups in total. The van der Waals surface area contributed by atoms with Crippen molar-refractivity contribution < 1.29 is 9.53 Å². The number of nitrogens with one attached hydrogen (secondary N) is 1. The van der Waals surface area contributed by atoms with Gasteiger partial charge in [-0.3, -0.25) is 4.79 Å². The molecule has 1 aromatic heterocycles. The Morgan fingerprint density at radius 2 is 2.12 bits per heavy atom. The molecule has 0 aliphatic heterocycles. The molecule has 17 heavy (non-hydrogen) atoms. The third-order valence-electron chi connectivity index (χ3n) is 3.29. The minimum Gasteiger partial charge on any atom is -0.497 e. The fourth-order valence-corrected chi connectivity index (χ4v) is 2.32. The van der Waals surface area contributed by atoms with Crippen molar-refractivity contribution in [2.75, 3.05) is 14.2 Å². The molecule has 1 aliphatic carbocycles. The molecule has 1 aliphatic rings. The van der Waals surface area contributed by atoms with Crippen molar-refractivity contribution in [1.29, 1.82) is 0 Å². The number of pyridine rings is 1. The quantitative estimate of drug-likeness (QED) is 0.871. The van der Waals surface area contributed by atoms with Crippen LogP contribution in [0.3, 0.4) is 0 Å². The fourth-order valence-electron chi connectivity index (χ4n) is 2.32. The number of aromatic nitrogens is 1.